The van der Waals surface area contributed by atoms with Gasteiger partial charge in [-0.05, 0) is 80.8 Å². The van der Waals surface area contributed by atoms with Gasteiger partial charge in [0.1, 0.15) is 17.7 Å². The normalized spacial score (nSPS) is 19.9. The van der Waals surface area contributed by atoms with E-state index >= 15 is 0 Å². The number of carbonyl (C=O) groups excluding carboxylic acids is 1. The van der Waals surface area contributed by atoms with Crippen molar-refractivity contribution in [2.75, 3.05) is 32.7 Å². The topological polar surface area (TPSA) is 50.6 Å². The maximum atomic E-state index is 12.7. The van der Waals surface area contributed by atoms with Crippen LogP contribution in [0.2, 0.25) is 0 Å². The van der Waals surface area contributed by atoms with Crippen LogP contribution in [0.3, 0.4) is 0 Å². The predicted molar refractivity (Wildman–Crippen MR) is 129 cm³/mol. The summed E-state index contributed by atoms with van der Waals surface area (Å²) < 4.78 is 8.30. The Labute approximate surface area is 195 Å². The standard InChI is InChI=1S/C27H32N4O2/c32-27(30-12-1-2-13-30)22-5-7-25-21(17-22)9-16-31(25)26-8-6-24(18-28-26)33-23-10-14-29(15-11-23)19-20-3-4-20/h5-9,16-18,20,23H,1-4,10-15,19H2. The summed E-state index contributed by atoms with van der Waals surface area (Å²) in [6.07, 6.45) is 11.4. The van der Waals surface area contributed by atoms with E-state index in [4.69, 9.17) is 4.74 Å². The molecule has 3 aliphatic rings. The number of piperidine rings is 1. The summed E-state index contributed by atoms with van der Waals surface area (Å²) in [5.41, 5.74) is 1.82. The molecule has 0 N–H and O–H groups in total. The van der Waals surface area contributed by atoms with Gasteiger partial charge in [0.15, 0.2) is 0 Å². The fourth-order valence-corrected chi connectivity index (χ4v) is 5.23. The molecule has 2 saturated heterocycles. The third-order valence-corrected chi connectivity index (χ3v) is 7.35. The molecule has 1 amide bonds. The Bertz CT molecular complexity index is 1120. The van der Waals surface area contributed by atoms with Gasteiger partial charge in [-0.1, -0.05) is 0 Å². The Morgan fingerprint density at radius 1 is 0.970 bits per heavy atom. The molecular weight excluding hydrogens is 412 g/mol. The number of aromatic nitrogens is 2. The lowest BCUT2D eigenvalue weighted by atomic mass is 10.1. The van der Waals surface area contributed by atoms with Crippen LogP contribution in [-0.2, 0) is 0 Å². The highest BCUT2D eigenvalue weighted by atomic mass is 16.5. The highest BCUT2D eigenvalue weighted by Gasteiger charge is 2.27. The first-order valence-electron chi connectivity index (χ1n) is 12.5. The van der Waals surface area contributed by atoms with Crippen LogP contribution < -0.4 is 4.74 Å². The van der Waals surface area contributed by atoms with E-state index in [9.17, 15) is 4.79 Å². The molecule has 0 radical (unpaired) electrons. The molecule has 0 atom stereocenters. The number of ether oxygens (including phenoxy) is 1. The van der Waals surface area contributed by atoms with Crippen LogP contribution in [0.25, 0.3) is 16.7 Å². The summed E-state index contributed by atoms with van der Waals surface area (Å²) in [4.78, 5) is 21.9. The van der Waals surface area contributed by atoms with Crippen LogP contribution in [0.4, 0.5) is 0 Å². The highest BCUT2D eigenvalue weighted by Crippen LogP contribution is 2.31. The van der Waals surface area contributed by atoms with Gasteiger partial charge in [-0.25, -0.2) is 4.98 Å². The van der Waals surface area contributed by atoms with Crippen LogP contribution >= 0.6 is 0 Å². The quantitative estimate of drug-likeness (QED) is 0.561. The number of hydrogen-bond donors (Lipinski definition) is 0. The number of amides is 1. The maximum absolute atomic E-state index is 12.7. The maximum Gasteiger partial charge on any atom is 0.253 e. The molecule has 0 spiro atoms. The first-order chi connectivity index (χ1) is 16.2. The zero-order chi connectivity index (χ0) is 22.2. The van der Waals surface area contributed by atoms with Crippen molar-refractivity contribution in [3.8, 4) is 11.6 Å². The van der Waals surface area contributed by atoms with Crippen LogP contribution in [0.15, 0.2) is 48.8 Å². The van der Waals surface area contributed by atoms with Crippen molar-refractivity contribution in [1.82, 2.24) is 19.4 Å². The van der Waals surface area contributed by atoms with E-state index in [1.54, 1.807) is 0 Å². The third kappa shape index (κ3) is 4.49. The fourth-order valence-electron chi connectivity index (χ4n) is 5.23. The number of nitrogens with zero attached hydrogens (tertiary/aromatic N) is 4. The van der Waals surface area contributed by atoms with Crippen LogP contribution in [-0.4, -0.2) is 64.1 Å². The second-order valence-corrected chi connectivity index (χ2v) is 9.87. The minimum absolute atomic E-state index is 0.139. The van der Waals surface area contributed by atoms with Crippen molar-refractivity contribution >= 4 is 16.8 Å². The second-order valence-electron chi connectivity index (χ2n) is 9.87. The van der Waals surface area contributed by atoms with Gasteiger partial charge in [0.25, 0.3) is 5.91 Å². The molecule has 3 fully saturated rings. The Kier molecular flexibility index (Phi) is 5.54. The van der Waals surface area contributed by atoms with Gasteiger partial charge in [0, 0.05) is 49.9 Å². The Balaban J connectivity index is 1.11. The first-order valence-corrected chi connectivity index (χ1v) is 12.5. The van der Waals surface area contributed by atoms with Gasteiger partial charge in [0.2, 0.25) is 0 Å². The molecule has 0 bridgehead atoms. The molecule has 6 rings (SSSR count). The van der Waals surface area contributed by atoms with Gasteiger partial charge in [-0.15, -0.1) is 0 Å². The van der Waals surface area contributed by atoms with Crippen molar-refractivity contribution in [2.45, 2.75) is 44.6 Å². The molecular formula is C27H32N4O2. The first kappa shape index (κ1) is 20.7. The average Bonchev–Trinajstić information content (AvgIpc) is 3.32. The smallest absolute Gasteiger partial charge is 0.253 e. The van der Waals surface area contributed by atoms with Crippen molar-refractivity contribution in [2.24, 2.45) is 5.92 Å². The fraction of sp³-hybridized carbons (Fsp3) is 0.481. The van der Waals surface area contributed by atoms with E-state index in [-0.39, 0.29) is 12.0 Å². The third-order valence-electron chi connectivity index (χ3n) is 7.35. The minimum atomic E-state index is 0.139. The summed E-state index contributed by atoms with van der Waals surface area (Å²) >= 11 is 0. The molecule has 0 unspecified atom stereocenters. The summed E-state index contributed by atoms with van der Waals surface area (Å²) in [5, 5.41) is 1.06. The molecule has 6 nitrogen and oxygen atoms in total. The lowest BCUT2D eigenvalue weighted by Crippen LogP contribution is -2.39. The Morgan fingerprint density at radius 2 is 1.79 bits per heavy atom. The summed E-state index contributed by atoms with van der Waals surface area (Å²) in [7, 11) is 0. The predicted octanol–water partition coefficient (Wildman–Crippen LogP) is 4.51. The van der Waals surface area contributed by atoms with Crippen molar-refractivity contribution < 1.29 is 9.53 Å². The molecule has 2 aromatic heterocycles. The summed E-state index contributed by atoms with van der Waals surface area (Å²) in [6, 6.07) is 12.1. The molecule has 1 aliphatic carbocycles. The van der Waals surface area contributed by atoms with E-state index in [0.29, 0.717) is 0 Å². The number of rotatable bonds is 6. The molecule has 4 heterocycles. The zero-order valence-electron chi connectivity index (χ0n) is 19.2. The summed E-state index contributed by atoms with van der Waals surface area (Å²) in [5.74, 6) is 2.80. The van der Waals surface area contributed by atoms with Crippen molar-refractivity contribution in [3.05, 3.63) is 54.4 Å². The zero-order valence-corrected chi connectivity index (χ0v) is 19.2. The highest BCUT2D eigenvalue weighted by molar-refractivity contribution is 5.98. The monoisotopic (exact) mass is 444 g/mol. The van der Waals surface area contributed by atoms with Gasteiger partial charge >= 0.3 is 0 Å². The SMILES string of the molecule is O=C(c1ccc2c(ccn2-c2ccc(OC3CCN(CC4CC4)CC3)cn2)c1)N1CCCC1. The van der Waals surface area contributed by atoms with Crippen LogP contribution in [0.1, 0.15) is 48.9 Å². The second kappa shape index (κ2) is 8.82. The average molecular weight is 445 g/mol. The van der Waals surface area contributed by atoms with E-state index < -0.39 is 0 Å². The van der Waals surface area contributed by atoms with Gasteiger partial charge in [0.05, 0.1) is 11.7 Å². The van der Waals surface area contributed by atoms with Crippen molar-refractivity contribution in [1.29, 1.82) is 0 Å². The Hall–Kier alpha value is -2.86. The van der Waals surface area contributed by atoms with Crippen LogP contribution in [0, 0.1) is 5.92 Å². The van der Waals surface area contributed by atoms with Gasteiger partial charge in [-0.3, -0.25) is 4.79 Å². The minimum Gasteiger partial charge on any atom is -0.489 e. The number of fused-ring (bicyclic) bond motifs is 1. The summed E-state index contributed by atoms with van der Waals surface area (Å²) in [6.45, 7) is 5.31. The Morgan fingerprint density at radius 3 is 2.52 bits per heavy atom. The number of pyridine rings is 1. The number of hydrogen-bond acceptors (Lipinski definition) is 4. The lowest BCUT2D eigenvalue weighted by molar-refractivity contribution is 0.0793. The molecule has 33 heavy (non-hydrogen) atoms. The van der Waals surface area contributed by atoms with Crippen molar-refractivity contribution in [3.63, 3.8) is 0 Å². The number of benzene rings is 1. The largest absolute Gasteiger partial charge is 0.489 e. The van der Waals surface area contributed by atoms with E-state index in [1.807, 2.05) is 47.6 Å². The number of likely N-dealkylation sites (tertiary alicyclic amines) is 2. The van der Waals surface area contributed by atoms with E-state index in [2.05, 4.69) is 20.5 Å². The lowest BCUT2D eigenvalue weighted by Gasteiger charge is -2.32. The molecule has 2 aliphatic heterocycles. The van der Waals surface area contributed by atoms with Gasteiger partial charge < -0.3 is 19.1 Å². The molecule has 6 heteroatoms. The number of carbonyl (C=O) groups is 1. The van der Waals surface area contributed by atoms with E-state index in [1.165, 1.54) is 19.4 Å². The molecule has 3 aromatic rings. The van der Waals surface area contributed by atoms with Gasteiger partial charge in [-0.2, -0.15) is 0 Å². The molecule has 1 saturated carbocycles. The molecule has 172 valence electrons. The van der Waals surface area contributed by atoms with E-state index in [0.717, 1.165) is 85.8 Å². The van der Waals surface area contributed by atoms with Crippen LogP contribution in [0.5, 0.6) is 5.75 Å². The molecule has 1 aromatic carbocycles.